The first-order valence-electron chi connectivity index (χ1n) is 9.10. The van der Waals surface area contributed by atoms with E-state index in [1.165, 1.54) is 0 Å². The van der Waals surface area contributed by atoms with Crippen molar-refractivity contribution in [3.63, 3.8) is 0 Å². The van der Waals surface area contributed by atoms with E-state index < -0.39 is 5.60 Å². The summed E-state index contributed by atoms with van der Waals surface area (Å²) in [6, 6.07) is 11.2. The van der Waals surface area contributed by atoms with E-state index in [2.05, 4.69) is 0 Å². The van der Waals surface area contributed by atoms with Gasteiger partial charge >= 0.3 is 5.97 Å². The van der Waals surface area contributed by atoms with E-state index in [0.717, 1.165) is 11.1 Å². The first-order valence-corrected chi connectivity index (χ1v) is 9.10. The third-order valence-electron chi connectivity index (χ3n) is 5.65. The number of rotatable bonds is 6. The average molecular weight is 386 g/mol. The summed E-state index contributed by atoms with van der Waals surface area (Å²) in [4.78, 5) is 12.6. The molecule has 0 spiro atoms. The molecular weight excluding hydrogens is 360 g/mol. The minimum atomic E-state index is -0.977. The van der Waals surface area contributed by atoms with Crippen LogP contribution >= 0.6 is 0 Å². The van der Waals surface area contributed by atoms with Crippen molar-refractivity contribution >= 4 is 5.97 Å². The SMILES string of the molecule is COc1ccc(C2(c3ccc(OC)c(OC)c3)OC(=O)[C@H](C)[C@H]2C)cc1OC. The van der Waals surface area contributed by atoms with Crippen molar-refractivity contribution in [1.29, 1.82) is 0 Å². The molecule has 1 aliphatic heterocycles. The number of benzene rings is 2. The molecule has 6 heteroatoms. The quantitative estimate of drug-likeness (QED) is 0.704. The fourth-order valence-electron chi connectivity index (χ4n) is 3.85. The molecule has 0 bridgehead atoms. The van der Waals surface area contributed by atoms with Crippen LogP contribution in [0.2, 0.25) is 0 Å². The van der Waals surface area contributed by atoms with Gasteiger partial charge in [0.25, 0.3) is 0 Å². The zero-order valence-electron chi connectivity index (χ0n) is 17.1. The molecule has 28 heavy (non-hydrogen) atoms. The fourth-order valence-corrected chi connectivity index (χ4v) is 3.85. The first-order chi connectivity index (χ1) is 13.4. The summed E-state index contributed by atoms with van der Waals surface area (Å²) in [6.45, 7) is 3.90. The van der Waals surface area contributed by atoms with Crippen LogP contribution in [0.1, 0.15) is 25.0 Å². The second-order valence-electron chi connectivity index (χ2n) is 6.87. The molecule has 0 N–H and O–H groups in total. The molecule has 0 unspecified atom stereocenters. The van der Waals surface area contributed by atoms with E-state index >= 15 is 0 Å². The smallest absolute Gasteiger partial charge is 0.310 e. The van der Waals surface area contributed by atoms with Crippen molar-refractivity contribution in [2.75, 3.05) is 28.4 Å². The van der Waals surface area contributed by atoms with E-state index in [9.17, 15) is 4.79 Å². The van der Waals surface area contributed by atoms with Crippen LogP contribution in [0.5, 0.6) is 23.0 Å². The highest BCUT2D eigenvalue weighted by Crippen LogP contribution is 2.51. The standard InChI is InChI=1S/C22H26O6/c1-13-14(2)22(28-21(13)23,15-7-9-17(24-3)19(11-15)26-5)16-8-10-18(25-4)20(12-16)27-6/h7-14H,1-6H3/t13-,14-/m1/s1. The molecule has 0 aliphatic carbocycles. The molecule has 1 saturated heterocycles. The van der Waals surface area contributed by atoms with Crippen LogP contribution in [-0.2, 0) is 15.1 Å². The van der Waals surface area contributed by atoms with Gasteiger partial charge in [-0.3, -0.25) is 4.79 Å². The number of ether oxygens (including phenoxy) is 5. The molecule has 2 atom stereocenters. The Hall–Kier alpha value is -2.89. The maximum Gasteiger partial charge on any atom is 0.310 e. The van der Waals surface area contributed by atoms with Gasteiger partial charge in [-0.2, -0.15) is 0 Å². The molecule has 1 heterocycles. The molecule has 1 aliphatic rings. The molecule has 0 radical (unpaired) electrons. The van der Waals surface area contributed by atoms with Gasteiger partial charge in [-0.25, -0.2) is 0 Å². The number of methoxy groups -OCH3 is 4. The molecule has 150 valence electrons. The van der Waals surface area contributed by atoms with Crippen LogP contribution in [0.25, 0.3) is 0 Å². The van der Waals surface area contributed by atoms with Crippen LogP contribution in [0.4, 0.5) is 0 Å². The monoisotopic (exact) mass is 386 g/mol. The fraction of sp³-hybridized carbons (Fsp3) is 0.409. The lowest BCUT2D eigenvalue weighted by molar-refractivity contribution is -0.148. The van der Waals surface area contributed by atoms with E-state index in [4.69, 9.17) is 23.7 Å². The number of cyclic esters (lactones) is 1. The second-order valence-corrected chi connectivity index (χ2v) is 6.87. The highest BCUT2D eigenvalue weighted by Gasteiger charge is 2.54. The predicted octanol–water partition coefficient (Wildman–Crippen LogP) is 3.79. The zero-order valence-corrected chi connectivity index (χ0v) is 17.1. The second kappa shape index (κ2) is 7.62. The van der Waals surface area contributed by atoms with Crippen molar-refractivity contribution in [2.24, 2.45) is 11.8 Å². The summed E-state index contributed by atoms with van der Waals surface area (Å²) < 4.78 is 27.7. The Morgan fingerprint density at radius 1 is 0.750 bits per heavy atom. The van der Waals surface area contributed by atoms with Crippen molar-refractivity contribution in [3.8, 4) is 23.0 Å². The van der Waals surface area contributed by atoms with Gasteiger partial charge in [-0.15, -0.1) is 0 Å². The topological polar surface area (TPSA) is 63.2 Å². The molecule has 6 nitrogen and oxygen atoms in total. The molecule has 2 aromatic rings. The lowest BCUT2D eigenvalue weighted by Crippen LogP contribution is -2.34. The molecule has 0 saturated carbocycles. The molecule has 3 rings (SSSR count). The van der Waals surface area contributed by atoms with Gasteiger partial charge < -0.3 is 23.7 Å². The van der Waals surface area contributed by atoms with Crippen molar-refractivity contribution in [1.82, 2.24) is 0 Å². The minimum absolute atomic E-state index is 0.115. The summed E-state index contributed by atoms with van der Waals surface area (Å²) in [5, 5.41) is 0. The third kappa shape index (κ3) is 2.93. The molecule has 0 aromatic heterocycles. The Morgan fingerprint density at radius 3 is 1.50 bits per heavy atom. The highest BCUT2D eigenvalue weighted by molar-refractivity contribution is 5.77. The maximum atomic E-state index is 12.6. The summed E-state index contributed by atoms with van der Waals surface area (Å²) in [6.07, 6.45) is 0. The Balaban J connectivity index is 2.25. The Labute approximate surface area is 165 Å². The Kier molecular flexibility index (Phi) is 5.40. The van der Waals surface area contributed by atoms with Crippen molar-refractivity contribution in [2.45, 2.75) is 19.4 Å². The summed E-state index contributed by atoms with van der Waals surface area (Å²) in [7, 11) is 6.33. The summed E-state index contributed by atoms with van der Waals surface area (Å²) in [5.41, 5.74) is 0.639. The number of carbonyl (C=O) groups excluding carboxylic acids is 1. The van der Waals surface area contributed by atoms with Crippen LogP contribution in [-0.4, -0.2) is 34.4 Å². The van der Waals surface area contributed by atoms with Crippen LogP contribution < -0.4 is 18.9 Å². The van der Waals surface area contributed by atoms with Gasteiger partial charge in [0.05, 0.1) is 34.4 Å². The lowest BCUT2D eigenvalue weighted by Gasteiger charge is -2.34. The molecule has 2 aromatic carbocycles. The van der Waals surface area contributed by atoms with Gasteiger partial charge in [-0.1, -0.05) is 26.0 Å². The lowest BCUT2D eigenvalue weighted by atomic mass is 9.74. The summed E-state index contributed by atoms with van der Waals surface area (Å²) >= 11 is 0. The first kappa shape index (κ1) is 19.9. The maximum absolute atomic E-state index is 12.6. The van der Waals surface area contributed by atoms with Crippen LogP contribution in [0, 0.1) is 11.8 Å². The predicted molar refractivity (Wildman–Crippen MR) is 104 cm³/mol. The van der Waals surface area contributed by atoms with Gasteiger partial charge in [0, 0.05) is 17.0 Å². The van der Waals surface area contributed by atoms with Crippen LogP contribution in [0.3, 0.4) is 0 Å². The molecule has 1 fully saturated rings. The molecular formula is C22H26O6. The highest BCUT2D eigenvalue weighted by atomic mass is 16.6. The minimum Gasteiger partial charge on any atom is -0.493 e. The van der Waals surface area contributed by atoms with Crippen molar-refractivity contribution in [3.05, 3.63) is 47.5 Å². The summed E-state index contributed by atoms with van der Waals surface area (Å²) in [5.74, 6) is 1.75. The Morgan fingerprint density at radius 2 is 1.18 bits per heavy atom. The van der Waals surface area contributed by atoms with Gasteiger partial charge in [-0.05, 0) is 24.3 Å². The third-order valence-corrected chi connectivity index (χ3v) is 5.65. The Bertz CT molecular complexity index is 820. The van der Waals surface area contributed by atoms with Crippen LogP contribution in [0.15, 0.2) is 36.4 Å². The number of hydrogen-bond acceptors (Lipinski definition) is 6. The van der Waals surface area contributed by atoms with E-state index in [0.29, 0.717) is 23.0 Å². The number of carbonyl (C=O) groups is 1. The van der Waals surface area contributed by atoms with Gasteiger partial charge in [0.1, 0.15) is 0 Å². The number of esters is 1. The molecule has 0 amide bonds. The zero-order chi connectivity index (χ0) is 20.5. The van der Waals surface area contributed by atoms with E-state index in [1.807, 2.05) is 50.2 Å². The van der Waals surface area contributed by atoms with Gasteiger partial charge in [0.15, 0.2) is 28.6 Å². The van der Waals surface area contributed by atoms with E-state index in [1.54, 1.807) is 28.4 Å². The number of hydrogen-bond donors (Lipinski definition) is 0. The van der Waals surface area contributed by atoms with Crippen molar-refractivity contribution < 1.29 is 28.5 Å². The van der Waals surface area contributed by atoms with Gasteiger partial charge in [0.2, 0.25) is 0 Å². The largest absolute Gasteiger partial charge is 0.493 e. The van der Waals surface area contributed by atoms with E-state index in [-0.39, 0.29) is 17.8 Å². The average Bonchev–Trinajstić information content (AvgIpc) is 2.97. The normalized spacial score (nSPS) is 20.4.